The molecule has 0 spiro atoms. The molecule has 108 valence electrons. The molecule has 5 nitrogen and oxygen atoms in total. The Morgan fingerprint density at radius 2 is 1.83 bits per heavy atom. The molecule has 7 heteroatoms. The summed E-state index contributed by atoms with van der Waals surface area (Å²) in [6, 6.07) is -0.549. The molecular formula is C11H23ClN2O3S. The molecule has 1 amide bonds. The number of hydrogen-bond donors (Lipinski definition) is 1. The Balaban J connectivity index is 0.00000289. The van der Waals surface area contributed by atoms with Crippen LogP contribution in [0.15, 0.2) is 0 Å². The van der Waals surface area contributed by atoms with Crippen molar-refractivity contribution in [2.24, 2.45) is 11.7 Å². The molecule has 0 aliphatic carbocycles. The molecule has 2 N–H and O–H groups in total. The number of carbonyl (C=O) groups is 1. The second-order valence-corrected chi connectivity index (χ2v) is 8.35. The summed E-state index contributed by atoms with van der Waals surface area (Å²) in [7, 11) is -3.11. The molecule has 1 rings (SSSR count). The highest BCUT2D eigenvalue weighted by atomic mass is 35.5. The fraction of sp³-hybridized carbons (Fsp3) is 0.909. The topological polar surface area (TPSA) is 80.5 Å². The van der Waals surface area contributed by atoms with Crippen LogP contribution in [0.1, 0.15) is 27.7 Å². The van der Waals surface area contributed by atoms with Gasteiger partial charge in [0.25, 0.3) is 0 Å². The second-order valence-electron chi connectivity index (χ2n) is 5.61. The summed E-state index contributed by atoms with van der Waals surface area (Å²) < 4.78 is 22.7. The third-order valence-corrected chi connectivity index (χ3v) is 5.89. The Kier molecular flexibility index (Phi) is 5.65. The molecule has 1 saturated heterocycles. The van der Waals surface area contributed by atoms with Gasteiger partial charge in [0.15, 0.2) is 9.84 Å². The molecule has 0 aromatic heterocycles. The van der Waals surface area contributed by atoms with Crippen LogP contribution in [-0.2, 0) is 14.6 Å². The standard InChI is InChI=1S/C11H22N2O3S.ClH/c1-8(2)9(12)10(14)13-5-6-17(15,16)11(3,4)7-13;/h8-9H,5-7,12H2,1-4H3;1H/t9-;/m0./s1. The molecule has 1 atom stereocenters. The average molecular weight is 299 g/mol. The summed E-state index contributed by atoms with van der Waals surface area (Å²) in [5.41, 5.74) is 5.81. The lowest BCUT2D eigenvalue weighted by molar-refractivity contribution is -0.133. The molecule has 0 radical (unpaired) electrons. The predicted octanol–water partition coefficient (Wildman–Crippen LogP) is 0.427. The minimum absolute atomic E-state index is 0. The molecule has 0 aromatic carbocycles. The van der Waals surface area contributed by atoms with Gasteiger partial charge in [-0.25, -0.2) is 8.42 Å². The zero-order valence-corrected chi connectivity index (χ0v) is 13.0. The summed E-state index contributed by atoms with van der Waals surface area (Å²) in [6.45, 7) is 7.56. The van der Waals surface area contributed by atoms with E-state index in [2.05, 4.69) is 0 Å². The SMILES string of the molecule is CC(C)[C@H](N)C(=O)N1CCS(=O)(=O)C(C)(C)C1.Cl. The van der Waals surface area contributed by atoms with Crippen LogP contribution in [0.2, 0.25) is 0 Å². The predicted molar refractivity (Wildman–Crippen MR) is 74.5 cm³/mol. The first-order valence-electron chi connectivity index (χ1n) is 5.85. The van der Waals surface area contributed by atoms with Crippen molar-refractivity contribution < 1.29 is 13.2 Å². The van der Waals surface area contributed by atoms with E-state index in [1.54, 1.807) is 18.7 Å². The van der Waals surface area contributed by atoms with E-state index in [1.807, 2.05) is 13.8 Å². The first-order valence-corrected chi connectivity index (χ1v) is 7.50. The maximum atomic E-state index is 12.0. The van der Waals surface area contributed by atoms with Gasteiger partial charge in [0.1, 0.15) is 0 Å². The summed E-state index contributed by atoms with van der Waals surface area (Å²) in [6.07, 6.45) is 0. The molecule has 1 aliphatic rings. The largest absolute Gasteiger partial charge is 0.339 e. The lowest BCUT2D eigenvalue weighted by atomic mass is 10.0. The number of rotatable bonds is 2. The van der Waals surface area contributed by atoms with Crippen molar-refractivity contribution >= 4 is 28.2 Å². The number of amides is 1. The number of nitrogens with zero attached hydrogens (tertiary/aromatic N) is 1. The summed E-state index contributed by atoms with van der Waals surface area (Å²) in [5.74, 6) is -0.0663. The lowest BCUT2D eigenvalue weighted by Crippen LogP contribution is -2.58. The van der Waals surface area contributed by atoms with Crippen LogP contribution < -0.4 is 5.73 Å². The van der Waals surface area contributed by atoms with Crippen molar-refractivity contribution in [2.75, 3.05) is 18.8 Å². The van der Waals surface area contributed by atoms with Gasteiger partial charge < -0.3 is 10.6 Å². The van der Waals surface area contributed by atoms with Gasteiger partial charge in [0.2, 0.25) is 5.91 Å². The van der Waals surface area contributed by atoms with E-state index in [1.165, 1.54) is 0 Å². The maximum Gasteiger partial charge on any atom is 0.239 e. The Bertz CT molecular complexity index is 407. The fourth-order valence-electron chi connectivity index (χ4n) is 1.83. The van der Waals surface area contributed by atoms with E-state index >= 15 is 0 Å². The van der Waals surface area contributed by atoms with Crippen LogP contribution in [0, 0.1) is 5.92 Å². The Labute approximate surface area is 115 Å². The number of nitrogens with two attached hydrogens (primary N) is 1. The van der Waals surface area contributed by atoms with Crippen LogP contribution in [0.3, 0.4) is 0 Å². The van der Waals surface area contributed by atoms with Gasteiger partial charge >= 0.3 is 0 Å². The number of carbonyl (C=O) groups excluding carboxylic acids is 1. The molecule has 0 aromatic rings. The van der Waals surface area contributed by atoms with E-state index in [0.717, 1.165) is 0 Å². The van der Waals surface area contributed by atoms with Gasteiger partial charge in [-0.3, -0.25) is 4.79 Å². The Morgan fingerprint density at radius 3 is 2.22 bits per heavy atom. The van der Waals surface area contributed by atoms with Gasteiger partial charge in [-0.05, 0) is 19.8 Å². The summed E-state index contributed by atoms with van der Waals surface area (Å²) in [5, 5.41) is 0. The molecular weight excluding hydrogens is 276 g/mol. The van der Waals surface area contributed by atoms with Crippen molar-refractivity contribution in [3.05, 3.63) is 0 Å². The van der Waals surface area contributed by atoms with Crippen molar-refractivity contribution in [3.8, 4) is 0 Å². The third-order valence-electron chi connectivity index (χ3n) is 3.36. The smallest absolute Gasteiger partial charge is 0.239 e. The van der Waals surface area contributed by atoms with Crippen LogP contribution in [0.5, 0.6) is 0 Å². The minimum atomic E-state index is -3.11. The average Bonchev–Trinajstić information content (AvgIpc) is 2.20. The first-order chi connectivity index (χ1) is 7.58. The van der Waals surface area contributed by atoms with Crippen molar-refractivity contribution in [3.63, 3.8) is 0 Å². The molecule has 1 fully saturated rings. The fourth-order valence-corrected chi connectivity index (χ4v) is 3.19. The van der Waals surface area contributed by atoms with E-state index < -0.39 is 20.6 Å². The summed E-state index contributed by atoms with van der Waals surface area (Å²) in [4.78, 5) is 13.6. The Hall–Kier alpha value is -0.330. The van der Waals surface area contributed by atoms with E-state index in [9.17, 15) is 13.2 Å². The molecule has 1 heterocycles. The number of hydrogen-bond acceptors (Lipinski definition) is 4. The highest BCUT2D eigenvalue weighted by Crippen LogP contribution is 2.24. The van der Waals surface area contributed by atoms with E-state index in [0.29, 0.717) is 0 Å². The maximum absolute atomic E-state index is 12.0. The molecule has 18 heavy (non-hydrogen) atoms. The van der Waals surface area contributed by atoms with Gasteiger partial charge in [0.05, 0.1) is 16.5 Å². The third kappa shape index (κ3) is 3.36. The van der Waals surface area contributed by atoms with Gasteiger partial charge in [-0.15, -0.1) is 12.4 Å². The highest BCUT2D eigenvalue weighted by molar-refractivity contribution is 7.92. The van der Waals surface area contributed by atoms with E-state index in [4.69, 9.17) is 5.73 Å². The normalized spacial score (nSPS) is 23.3. The molecule has 0 bridgehead atoms. The number of halogens is 1. The van der Waals surface area contributed by atoms with Gasteiger partial charge in [-0.1, -0.05) is 13.8 Å². The van der Waals surface area contributed by atoms with E-state index in [-0.39, 0.29) is 43.1 Å². The van der Waals surface area contributed by atoms with Crippen molar-refractivity contribution in [1.29, 1.82) is 0 Å². The zero-order chi connectivity index (χ0) is 13.4. The van der Waals surface area contributed by atoms with Gasteiger partial charge in [-0.2, -0.15) is 0 Å². The summed E-state index contributed by atoms with van der Waals surface area (Å²) >= 11 is 0. The molecule has 0 saturated carbocycles. The van der Waals surface area contributed by atoms with Crippen LogP contribution in [0.4, 0.5) is 0 Å². The number of sulfone groups is 1. The molecule has 1 aliphatic heterocycles. The Morgan fingerprint density at radius 1 is 1.33 bits per heavy atom. The zero-order valence-electron chi connectivity index (χ0n) is 11.3. The highest BCUT2D eigenvalue weighted by Gasteiger charge is 2.42. The lowest BCUT2D eigenvalue weighted by Gasteiger charge is -2.39. The van der Waals surface area contributed by atoms with Crippen LogP contribution >= 0.6 is 12.4 Å². The van der Waals surface area contributed by atoms with Crippen molar-refractivity contribution in [2.45, 2.75) is 38.5 Å². The molecule has 0 unspecified atom stereocenters. The second kappa shape index (κ2) is 5.75. The first kappa shape index (κ1) is 17.7. The minimum Gasteiger partial charge on any atom is -0.339 e. The van der Waals surface area contributed by atoms with Gasteiger partial charge in [0, 0.05) is 13.1 Å². The monoisotopic (exact) mass is 298 g/mol. The van der Waals surface area contributed by atoms with Crippen LogP contribution in [-0.4, -0.2) is 48.9 Å². The quantitative estimate of drug-likeness (QED) is 0.801. The van der Waals surface area contributed by atoms with Crippen LogP contribution in [0.25, 0.3) is 0 Å². The van der Waals surface area contributed by atoms with Crippen molar-refractivity contribution in [1.82, 2.24) is 4.90 Å².